The first-order chi connectivity index (χ1) is 7.10. The van der Waals surface area contributed by atoms with Crippen LogP contribution >= 0.6 is 0 Å². The minimum absolute atomic E-state index is 0.186. The quantitative estimate of drug-likeness (QED) is 0.836. The third-order valence-corrected chi connectivity index (χ3v) is 2.10. The van der Waals surface area contributed by atoms with E-state index in [4.69, 9.17) is 11.0 Å². The van der Waals surface area contributed by atoms with E-state index in [2.05, 4.69) is 0 Å². The summed E-state index contributed by atoms with van der Waals surface area (Å²) in [5, 5.41) is 8.53. The normalized spacial score (nSPS) is 12.5. The fraction of sp³-hybridized carbons (Fsp3) is 0.300. The molecule has 0 radical (unpaired) electrons. The molecule has 0 aliphatic carbocycles. The highest BCUT2D eigenvalue weighted by Gasteiger charge is 2.21. The van der Waals surface area contributed by atoms with Gasteiger partial charge in [0.25, 0.3) is 0 Å². The van der Waals surface area contributed by atoms with Crippen molar-refractivity contribution in [2.24, 2.45) is 5.73 Å². The van der Waals surface area contributed by atoms with Crippen molar-refractivity contribution in [3.8, 4) is 6.07 Å². The van der Waals surface area contributed by atoms with E-state index in [1.54, 1.807) is 6.07 Å². The molecule has 0 aliphatic rings. The van der Waals surface area contributed by atoms with Crippen molar-refractivity contribution in [1.82, 2.24) is 0 Å². The molecule has 1 rings (SSSR count). The molecule has 0 amide bonds. The summed E-state index contributed by atoms with van der Waals surface area (Å²) in [4.78, 5) is 0. The zero-order valence-electron chi connectivity index (χ0n) is 7.75. The molecular weight excluding hydrogens is 205 g/mol. The van der Waals surface area contributed by atoms with E-state index in [1.807, 2.05) is 0 Å². The molecule has 0 aliphatic heterocycles. The molecule has 0 saturated heterocycles. The fourth-order valence-electron chi connectivity index (χ4n) is 1.24. The number of rotatable bonds is 3. The van der Waals surface area contributed by atoms with Gasteiger partial charge in [0.2, 0.25) is 6.43 Å². The number of nitrogens with zero attached hydrogens (tertiary/aromatic N) is 1. The van der Waals surface area contributed by atoms with Gasteiger partial charge in [0.1, 0.15) is 11.9 Å². The lowest BCUT2D eigenvalue weighted by molar-refractivity contribution is 0.117. The summed E-state index contributed by atoms with van der Waals surface area (Å²) < 4.78 is 37.8. The summed E-state index contributed by atoms with van der Waals surface area (Å²) in [6.07, 6.45) is -2.62. The predicted octanol–water partition coefficient (Wildman–Crippen LogP) is 2.00. The lowest BCUT2D eigenvalue weighted by Crippen LogP contribution is -2.19. The van der Waals surface area contributed by atoms with Gasteiger partial charge in [-0.05, 0) is 17.7 Å². The van der Waals surface area contributed by atoms with Crippen LogP contribution in [0.2, 0.25) is 0 Å². The van der Waals surface area contributed by atoms with Crippen molar-refractivity contribution in [2.75, 3.05) is 6.54 Å². The minimum Gasteiger partial charge on any atom is -0.330 e. The molecule has 1 aromatic carbocycles. The summed E-state index contributed by atoms with van der Waals surface area (Å²) in [7, 11) is 0. The van der Waals surface area contributed by atoms with Gasteiger partial charge in [-0.3, -0.25) is 0 Å². The average Bonchev–Trinajstić information content (AvgIpc) is 2.21. The summed E-state index contributed by atoms with van der Waals surface area (Å²) >= 11 is 0. The van der Waals surface area contributed by atoms with E-state index in [0.717, 1.165) is 12.1 Å². The Morgan fingerprint density at radius 3 is 2.53 bits per heavy atom. The number of hydrogen-bond donors (Lipinski definition) is 1. The molecule has 0 bridgehead atoms. The lowest BCUT2D eigenvalue weighted by atomic mass is 9.98. The van der Waals surface area contributed by atoms with Gasteiger partial charge in [0.05, 0.1) is 11.5 Å². The van der Waals surface area contributed by atoms with Gasteiger partial charge in [-0.1, -0.05) is 6.07 Å². The lowest BCUT2D eigenvalue weighted by Gasteiger charge is -2.14. The van der Waals surface area contributed by atoms with Crippen LogP contribution in [0.3, 0.4) is 0 Å². The van der Waals surface area contributed by atoms with Gasteiger partial charge >= 0.3 is 0 Å². The highest BCUT2D eigenvalue weighted by molar-refractivity contribution is 5.36. The van der Waals surface area contributed by atoms with E-state index < -0.39 is 18.2 Å². The number of nitrogens with two attached hydrogens (primary N) is 1. The number of benzene rings is 1. The van der Waals surface area contributed by atoms with Crippen LogP contribution in [0.4, 0.5) is 13.2 Å². The Kier molecular flexibility index (Phi) is 3.69. The zero-order chi connectivity index (χ0) is 11.4. The molecule has 0 saturated carbocycles. The van der Waals surface area contributed by atoms with E-state index in [-0.39, 0.29) is 17.7 Å². The molecule has 2 nitrogen and oxygen atoms in total. The molecule has 1 atom stereocenters. The van der Waals surface area contributed by atoms with Crippen LogP contribution in [-0.4, -0.2) is 13.0 Å². The molecule has 0 aromatic heterocycles. The van der Waals surface area contributed by atoms with Crippen molar-refractivity contribution in [2.45, 2.75) is 12.3 Å². The summed E-state index contributed by atoms with van der Waals surface area (Å²) in [6.45, 7) is -0.242. The molecule has 1 aromatic rings. The van der Waals surface area contributed by atoms with Gasteiger partial charge in [0, 0.05) is 6.54 Å². The Morgan fingerprint density at radius 1 is 1.40 bits per heavy atom. The van der Waals surface area contributed by atoms with Crippen LogP contribution in [0.5, 0.6) is 0 Å². The van der Waals surface area contributed by atoms with Gasteiger partial charge in [-0.2, -0.15) is 5.26 Å². The van der Waals surface area contributed by atoms with Crippen LogP contribution < -0.4 is 5.73 Å². The maximum absolute atomic E-state index is 12.9. The Hall–Kier alpha value is -1.54. The van der Waals surface area contributed by atoms with Gasteiger partial charge in [-0.25, -0.2) is 13.2 Å². The maximum atomic E-state index is 12.9. The van der Waals surface area contributed by atoms with Gasteiger partial charge in [0.15, 0.2) is 0 Å². The Bertz CT molecular complexity index is 385. The second kappa shape index (κ2) is 4.80. The van der Waals surface area contributed by atoms with Gasteiger partial charge in [-0.15, -0.1) is 0 Å². The summed E-state index contributed by atoms with van der Waals surface area (Å²) in [6, 6.07) is 4.92. The predicted molar refractivity (Wildman–Crippen MR) is 48.9 cm³/mol. The van der Waals surface area contributed by atoms with Crippen molar-refractivity contribution in [1.29, 1.82) is 5.26 Å². The van der Waals surface area contributed by atoms with Gasteiger partial charge < -0.3 is 5.73 Å². The smallest absolute Gasteiger partial charge is 0.246 e. The first-order valence-corrected chi connectivity index (χ1v) is 4.28. The molecule has 80 valence electrons. The molecule has 0 spiro atoms. The third-order valence-electron chi connectivity index (χ3n) is 2.10. The Labute approximate surface area is 85.1 Å². The zero-order valence-corrected chi connectivity index (χ0v) is 7.75. The molecule has 5 heteroatoms. The summed E-state index contributed by atoms with van der Waals surface area (Å²) in [5.74, 6) is -1.87. The van der Waals surface area contributed by atoms with Crippen LogP contribution in [0.15, 0.2) is 18.2 Å². The van der Waals surface area contributed by atoms with Crippen LogP contribution in [0.25, 0.3) is 0 Å². The van der Waals surface area contributed by atoms with Crippen LogP contribution in [0.1, 0.15) is 17.0 Å². The van der Waals surface area contributed by atoms with E-state index in [1.165, 1.54) is 6.07 Å². The molecule has 0 fully saturated rings. The van der Waals surface area contributed by atoms with E-state index >= 15 is 0 Å². The number of nitriles is 1. The number of hydrogen-bond acceptors (Lipinski definition) is 2. The molecule has 1 unspecified atom stereocenters. The molecule has 2 N–H and O–H groups in total. The second-order valence-corrected chi connectivity index (χ2v) is 3.03. The van der Waals surface area contributed by atoms with Crippen molar-refractivity contribution >= 4 is 0 Å². The van der Waals surface area contributed by atoms with Crippen LogP contribution in [-0.2, 0) is 0 Å². The van der Waals surface area contributed by atoms with E-state index in [9.17, 15) is 13.2 Å². The number of alkyl halides is 2. The van der Waals surface area contributed by atoms with Crippen molar-refractivity contribution < 1.29 is 13.2 Å². The SMILES string of the molecule is N#Cc1cc(C(CN)C(F)F)ccc1F. The second-order valence-electron chi connectivity index (χ2n) is 3.03. The first-order valence-electron chi connectivity index (χ1n) is 4.28. The Morgan fingerprint density at radius 2 is 2.07 bits per heavy atom. The third kappa shape index (κ3) is 2.48. The largest absolute Gasteiger partial charge is 0.330 e. The number of halogens is 3. The highest BCUT2D eigenvalue weighted by atomic mass is 19.3. The fourth-order valence-corrected chi connectivity index (χ4v) is 1.24. The molecular formula is C10H9F3N2. The highest BCUT2D eigenvalue weighted by Crippen LogP contribution is 2.23. The maximum Gasteiger partial charge on any atom is 0.246 e. The standard InChI is InChI=1S/C10H9F3N2/c11-9-2-1-6(3-7(9)4-14)8(5-15)10(12)13/h1-3,8,10H,5,15H2. The van der Waals surface area contributed by atoms with Crippen molar-refractivity contribution in [3.63, 3.8) is 0 Å². The molecule has 0 heterocycles. The average molecular weight is 214 g/mol. The summed E-state index contributed by atoms with van der Waals surface area (Å²) in [5.41, 5.74) is 5.12. The van der Waals surface area contributed by atoms with Crippen molar-refractivity contribution in [3.05, 3.63) is 35.1 Å². The molecule has 15 heavy (non-hydrogen) atoms. The van der Waals surface area contributed by atoms with E-state index in [0.29, 0.717) is 0 Å². The Balaban J connectivity index is 3.10. The van der Waals surface area contributed by atoms with Crippen LogP contribution in [0, 0.1) is 17.1 Å². The topological polar surface area (TPSA) is 49.8 Å². The minimum atomic E-state index is -2.62. The first kappa shape index (κ1) is 11.5. The monoisotopic (exact) mass is 214 g/mol.